The number of hydrogen-bond acceptors (Lipinski definition) is 3. The van der Waals surface area contributed by atoms with Gasteiger partial charge in [-0.15, -0.1) is 0 Å². The van der Waals surface area contributed by atoms with Gasteiger partial charge in [-0.3, -0.25) is 0 Å². The maximum Gasteiger partial charge on any atom is 0.156 e. The Bertz CT molecular complexity index is 1150. The van der Waals surface area contributed by atoms with Crippen LogP contribution in [0.25, 0.3) is 11.0 Å². The molecule has 4 nitrogen and oxygen atoms in total. The predicted octanol–water partition coefficient (Wildman–Crippen LogP) is 7.39. The third-order valence-corrected chi connectivity index (χ3v) is 5.72. The first-order valence-electron chi connectivity index (χ1n) is 11.2. The summed E-state index contributed by atoms with van der Waals surface area (Å²) in [6.45, 7) is 5.76. The topological polar surface area (TPSA) is 36.3 Å². The molecule has 0 spiro atoms. The highest BCUT2D eigenvalue weighted by Crippen LogP contribution is 2.28. The molecule has 0 aliphatic heterocycles. The smallest absolute Gasteiger partial charge is 0.156 e. The number of benzene rings is 3. The molecule has 0 aliphatic carbocycles. The van der Waals surface area contributed by atoms with Crippen LogP contribution in [-0.4, -0.2) is 16.2 Å². The molecule has 0 saturated carbocycles. The number of nitrogens with zero attached hydrogens (tertiary/aromatic N) is 2. The number of aryl methyl sites for hydroxylation is 2. The molecule has 0 saturated heterocycles. The highest BCUT2D eigenvalue weighted by molar-refractivity contribution is 6.30. The molecule has 0 N–H and O–H groups in total. The quantitative estimate of drug-likeness (QED) is 0.237. The van der Waals surface area contributed by atoms with E-state index in [0.717, 1.165) is 59.2 Å². The molecular weight excluding hydrogens is 420 g/mol. The van der Waals surface area contributed by atoms with Gasteiger partial charge >= 0.3 is 0 Å². The lowest BCUT2D eigenvalue weighted by Crippen LogP contribution is -2.15. The molecule has 3 aromatic carbocycles. The van der Waals surface area contributed by atoms with E-state index in [2.05, 4.69) is 48.7 Å². The number of imidazole rings is 1. The van der Waals surface area contributed by atoms with Crippen molar-refractivity contribution in [2.45, 2.75) is 45.8 Å². The summed E-state index contributed by atoms with van der Waals surface area (Å²) in [5.41, 5.74) is 3.34. The molecule has 0 radical (unpaired) electrons. The van der Waals surface area contributed by atoms with Gasteiger partial charge in [-0.1, -0.05) is 42.8 Å². The number of rotatable bonds is 10. The van der Waals surface area contributed by atoms with Crippen molar-refractivity contribution in [3.8, 4) is 11.5 Å². The Labute approximate surface area is 194 Å². The van der Waals surface area contributed by atoms with Gasteiger partial charge in [0.2, 0.25) is 0 Å². The van der Waals surface area contributed by atoms with Gasteiger partial charge in [0.15, 0.2) is 11.9 Å². The van der Waals surface area contributed by atoms with Crippen molar-refractivity contribution in [3.63, 3.8) is 0 Å². The summed E-state index contributed by atoms with van der Waals surface area (Å²) in [6.07, 6.45) is 2.68. The normalized spacial score (nSPS) is 12.1. The molecule has 4 rings (SSSR count). The van der Waals surface area contributed by atoms with E-state index in [1.165, 1.54) is 5.56 Å². The fraction of sp³-hybridized carbons (Fsp3) is 0.296. The van der Waals surface area contributed by atoms with Crippen molar-refractivity contribution in [2.75, 3.05) is 6.61 Å². The summed E-state index contributed by atoms with van der Waals surface area (Å²) in [7, 11) is 0. The molecule has 0 fully saturated rings. The van der Waals surface area contributed by atoms with Gasteiger partial charge in [-0.25, -0.2) is 4.98 Å². The fourth-order valence-corrected chi connectivity index (χ4v) is 3.97. The van der Waals surface area contributed by atoms with Gasteiger partial charge < -0.3 is 14.0 Å². The predicted molar refractivity (Wildman–Crippen MR) is 131 cm³/mol. The lowest BCUT2D eigenvalue weighted by atomic mass is 10.2. The zero-order valence-electron chi connectivity index (χ0n) is 18.6. The van der Waals surface area contributed by atoms with Crippen molar-refractivity contribution in [1.29, 1.82) is 0 Å². The molecule has 5 heteroatoms. The maximum absolute atomic E-state index is 6.38. The van der Waals surface area contributed by atoms with Crippen LogP contribution in [-0.2, 0) is 6.54 Å². The Balaban J connectivity index is 1.46. The summed E-state index contributed by atoms with van der Waals surface area (Å²) < 4.78 is 14.5. The lowest BCUT2D eigenvalue weighted by molar-refractivity contribution is 0.186. The summed E-state index contributed by atoms with van der Waals surface area (Å²) in [5.74, 6) is 2.71. The van der Waals surface area contributed by atoms with E-state index in [0.29, 0.717) is 6.61 Å². The molecule has 4 aromatic rings. The van der Waals surface area contributed by atoms with Gasteiger partial charge in [0.25, 0.3) is 0 Å². The second-order valence-electron chi connectivity index (χ2n) is 7.95. The van der Waals surface area contributed by atoms with Crippen LogP contribution < -0.4 is 9.47 Å². The van der Waals surface area contributed by atoms with Crippen LogP contribution in [0.2, 0.25) is 5.02 Å². The molecule has 0 amide bonds. The highest BCUT2D eigenvalue weighted by Gasteiger charge is 2.20. The van der Waals surface area contributed by atoms with Crippen LogP contribution in [0, 0.1) is 6.92 Å². The Hall–Kier alpha value is -2.98. The van der Waals surface area contributed by atoms with Gasteiger partial charge in [-0.2, -0.15) is 0 Å². The first-order chi connectivity index (χ1) is 15.6. The number of para-hydroxylation sites is 2. The number of fused-ring (bicyclic) bond motifs is 1. The maximum atomic E-state index is 6.38. The van der Waals surface area contributed by atoms with Gasteiger partial charge in [0, 0.05) is 11.6 Å². The minimum Gasteiger partial charge on any atom is -0.494 e. The van der Waals surface area contributed by atoms with Crippen LogP contribution in [0.15, 0.2) is 72.8 Å². The molecule has 0 bridgehead atoms. The van der Waals surface area contributed by atoms with E-state index < -0.39 is 0 Å². The van der Waals surface area contributed by atoms with Crippen LogP contribution in [0.5, 0.6) is 11.5 Å². The molecule has 1 aromatic heterocycles. The summed E-state index contributed by atoms with van der Waals surface area (Å²) in [4.78, 5) is 4.95. The average Bonchev–Trinajstić information content (AvgIpc) is 3.17. The summed E-state index contributed by atoms with van der Waals surface area (Å²) in [5, 5.41) is 0.718. The first-order valence-corrected chi connectivity index (χ1v) is 11.6. The van der Waals surface area contributed by atoms with E-state index in [9.17, 15) is 0 Å². The van der Waals surface area contributed by atoms with Crippen LogP contribution in [0.1, 0.15) is 43.7 Å². The van der Waals surface area contributed by atoms with Gasteiger partial charge in [0.05, 0.1) is 17.6 Å². The first kappa shape index (κ1) is 22.2. The van der Waals surface area contributed by atoms with Crippen molar-refractivity contribution in [2.24, 2.45) is 0 Å². The van der Waals surface area contributed by atoms with Crippen molar-refractivity contribution >= 4 is 22.6 Å². The molecule has 166 valence electrons. The SMILES string of the molecule is CCC(Oc1cccc(C)c1)c1nc2ccccc2n1CCCCOc1ccc(Cl)cc1. The second-order valence-corrected chi connectivity index (χ2v) is 8.39. The van der Waals surface area contributed by atoms with Crippen LogP contribution >= 0.6 is 11.6 Å². The number of hydrogen-bond donors (Lipinski definition) is 0. The number of unbranched alkanes of at least 4 members (excludes halogenated alkanes) is 1. The number of ether oxygens (including phenoxy) is 2. The number of aromatic nitrogens is 2. The summed E-state index contributed by atoms with van der Waals surface area (Å²) >= 11 is 5.94. The van der Waals surface area contributed by atoms with Gasteiger partial charge in [-0.05, 0) is 80.3 Å². The molecule has 1 unspecified atom stereocenters. The van der Waals surface area contributed by atoms with Crippen molar-refractivity contribution < 1.29 is 9.47 Å². The molecule has 1 heterocycles. The van der Waals surface area contributed by atoms with E-state index in [4.69, 9.17) is 26.1 Å². The average molecular weight is 449 g/mol. The van der Waals surface area contributed by atoms with Crippen molar-refractivity contribution in [3.05, 3.63) is 89.2 Å². The highest BCUT2D eigenvalue weighted by atomic mass is 35.5. The monoisotopic (exact) mass is 448 g/mol. The van der Waals surface area contributed by atoms with E-state index >= 15 is 0 Å². The Kier molecular flexibility index (Phi) is 7.33. The Morgan fingerprint density at radius 2 is 1.75 bits per heavy atom. The van der Waals surface area contributed by atoms with E-state index in [1.54, 1.807) is 0 Å². The molecule has 0 aliphatic rings. The van der Waals surface area contributed by atoms with Crippen LogP contribution in [0.4, 0.5) is 0 Å². The minimum absolute atomic E-state index is 0.102. The molecule has 1 atom stereocenters. The minimum atomic E-state index is -0.102. The zero-order valence-corrected chi connectivity index (χ0v) is 19.4. The molecular formula is C27H29ClN2O2. The third kappa shape index (κ3) is 5.43. The molecule has 32 heavy (non-hydrogen) atoms. The van der Waals surface area contributed by atoms with Crippen molar-refractivity contribution in [1.82, 2.24) is 9.55 Å². The summed E-state index contributed by atoms with van der Waals surface area (Å²) in [6, 6.07) is 24.0. The zero-order chi connectivity index (χ0) is 22.3. The standard InChI is InChI=1S/C27H29ClN2O2/c1-3-26(32-23-10-8-9-20(2)19-23)27-29-24-11-4-5-12-25(24)30(27)17-6-7-18-31-22-15-13-21(28)14-16-22/h4-5,8-16,19,26H,3,6-7,17-18H2,1-2H3. The Morgan fingerprint density at radius 3 is 2.53 bits per heavy atom. The van der Waals surface area contributed by atoms with Crippen LogP contribution in [0.3, 0.4) is 0 Å². The fourth-order valence-electron chi connectivity index (χ4n) is 3.84. The second kappa shape index (κ2) is 10.6. The van der Waals surface area contributed by atoms with Gasteiger partial charge in [0.1, 0.15) is 11.5 Å². The van der Waals surface area contributed by atoms with E-state index in [1.807, 2.05) is 42.5 Å². The van der Waals surface area contributed by atoms with E-state index in [-0.39, 0.29) is 6.10 Å². The third-order valence-electron chi connectivity index (χ3n) is 5.47. The number of halogens is 1. The largest absolute Gasteiger partial charge is 0.494 e. The lowest BCUT2D eigenvalue weighted by Gasteiger charge is -2.19. The Morgan fingerprint density at radius 1 is 0.938 bits per heavy atom.